The zero-order valence-corrected chi connectivity index (χ0v) is 10.7. The summed E-state index contributed by atoms with van der Waals surface area (Å²) in [5.74, 6) is 4.81. The fourth-order valence-corrected chi connectivity index (χ4v) is 1.90. The zero-order valence-electron chi connectivity index (χ0n) is 10.7. The monoisotopic (exact) mass is 244 g/mol. The predicted molar refractivity (Wildman–Crippen MR) is 69.4 cm³/mol. The highest BCUT2D eigenvalue weighted by Gasteiger charge is 2.14. The van der Waals surface area contributed by atoms with E-state index in [0.29, 0.717) is 5.56 Å². The Labute approximate surface area is 106 Å². The molecule has 1 heterocycles. The number of nitrogen functional groups attached to an aromatic ring is 1. The number of nitrogens with two attached hydrogens (primary N) is 1. The number of carbonyl (C=O) groups is 1. The lowest BCUT2D eigenvalue weighted by Gasteiger charge is -2.09. The lowest BCUT2D eigenvalue weighted by atomic mass is 10.1. The maximum absolute atomic E-state index is 11.5. The van der Waals surface area contributed by atoms with Crippen LogP contribution in [0.25, 0.3) is 5.69 Å². The molecule has 0 aliphatic rings. The molecule has 0 spiro atoms. The van der Waals surface area contributed by atoms with Gasteiger partial charge in [-0.3, -0.25) is 10.2 Å². The van der Waals surface area contributed by atoms with E-state index >= 15 is 0 Å². The second-order valence-electron chi connectivity index (χ2n) is 4.32. The average Bonchev–Trinajstić information content (AvgIpc) is 2.73. The topological polar surface area (TPSA) is 72.9 Å². The van der Waals surface area contributed by atoms with Gasteiger partial charge in [-0.1, -0.05) is 12.1 Å². The summed E-state index contributed by atoms with van der Waals surface area (Å²) < 4.78 is 1.76. The van der Waals surface area contributed by atoms with Gasteiger partial charge in [0.05, 0.1) is 23.1 Å². The highest BCUT2D eigenvalue weighted by Crippen LogP contribution is 2.19. The van der Waals surface area contributed by atoms with Crippen molar-refractivity contribution in [3.63, 3.8) is 0 Å². The minimum absolute atomic E-state index is 0.330. The fourth-order valence-electron chi connectivity index (χ4n) is 1.90. The van der Waals surface area contributed by atoms with Crippen molar-refractivity contribution in [2.24, 2.45) is 5.84 Å². The van der Waals surface area contributed by atoms with Gasteiger partial charge in [0.2, 0.25) is 0 Å². The number of nitrogens with one attached hydrogen (secondary N) is 1. The van der Waals surface area contributed by atoms with Crippen LogP contribution >= 0.6 is 0 Å². The summed E-state index contributed by atoms with van der Waals surface area (Å²) in [6.07, 6.45) is 1.53. The first-order chi connectivity index (χ1) is 8.54. The van der Waals surface area contributed by atoms with Crippen molar-refractivity contribution in [2.45, 2.75) is 20.8 Å². The van der Waals surface area contributed by atoms with Crippen LogP contribution in [0.2, 0.25) is 0 Å². The number of aromatic nitrogens is 2. The minimum Gasteiger partial charge on any atom is -0.290 e. The molecule has 94 valence electrons. The molecule has 0 aliphatic heterocycles. The number of aryl methyl sites for hydroxylation is 2. The number of rotatable bonds is 2. The van der Waals surface area contributed by atoms with Crippen molar-refractivity contribution in [1.29, 1.82) is 0 Å². The molecule has 1 aromatic heterocycles. The molecule has 0 radical (unpaired) electrons. The summed E-state index contributed by atoms with van der Waals surface area (Å²) in [4.78, 5) is 11.5. The lowest BCUT2D eigenvalue weighted by molar-refractivity contribution is 0.0953. The van der Waals surface area contributed by atoms with Crippen molar-refractivity contribution >= 4 is 5.91 Å². The molecule has 5 nitrogen and oxygen atoms in total. The van der Waals surface area contributed by atoms with Crippen LogP contribution in [0.15, 0.2) is 24.4 Å². The van der Waals surface area contributed by atoms with Crippen molar-refractivity contribution in [3.05, 3.63) is 46.8 Å². The molecule has 2 aromatic rings. The van der Waals surface area contributed by atoms with Gasteiger partial charge in [0.15, 0.2) is 0 Å². The van der Waals surface area contributed by atoms with Crippen LogP contribution < -0.4 is 11.3 Å². The average molecular weight is 244 g/mol. The van der Waals surface area contributed by atoms with Gasteiger partial charge in [-0.25, -0.2) is 10.5 Å². The summed E-state index contributed by atoms with van der Waals surface area (Å²) in [7, 11) is 0. The molecule has 1 aromatic carbocycles. The smallest absolute Gasteiger partial charge is 0.268 e. The van der Waals surface area contributed by atoms with E-state index < -0.39 is 0 Å². The van der Waals surface area contributed by atoms with E-state index in [4.69, 9.17) is 5.84 Å². The highest BCUT2D eigenvalue weighted by atomic mass is 16.2. The first kappa shape index (κ1) is 12.3. The Morgan fingerprint density at radius 3 is 2.72 bits per heavy atom. The molecule has 0 fully saturated rings. The van der Waals surface area contributed by atoms with Gasteiger partial charge in [-0.05, 0) is 38.0 Å². The number of carbonyl (C=O) groups excluding carboxylic acids is 1. The Bertz CT molecular complexity index is 601. The van der Waals surface area contributed by atoms with Gasteiger partial charge in [-0.2, -0.15) is 5.10 Å². The maximum Gasteiger partial charge on any atom is 0.268 e. The fraction of sp³-hybridized carbons (Fsp3) is 0.231. The summed E-state index contributed by atoms with van der Waals surface area (Å²) >= 11 is 0. The Kier molecular flexibility index (Phi) is 3.16. The number of hydrazine groups is 1. The first-order valence-electron chi connectivity index (χ1n) is 5.67. The summed E-state index contributed by atoms with van der Waals surface area (Å²) in [6, 6.07) is 6.12. The standard InChI is InChI=1S/C13H16N4O/c1-8-4-5-9(2)12(6-8)17-10(3)11(7-15-17)13(18)16-14/h4-7H,14H2,1-3H3,(H,16,18). The molecule has 0 saturated heterocycles. The van der Waals surface area contributed by atoms with Crippen LogP contribution in [0.5, 0.6) is 0 Å². The normalized spacial score (nSPS) is 10.4. The molecule has 0 aliphatic carbocycles. The Morgan fingerprint density at radius 2 is 2.06 bits per heavy atom. The molecule has 0 unspecified atom stereocenters. The molecular formula is C13H16N4O. The Balaban J connectivity index is 2.55. The van der Waals surface area contributed by atoms with Gasteiger partial charge >= 0.3 is 0 Å². The second kappa shape index (κ2) is 4.62. The van der Waals surface area contributed by atoms with Gasteiger partial charge in [-0.15, -0.1) is 0 Å². The van der Waals surface area contributed by atoms with Crippen LogP contribution in [0.4, 0.5) is 0 Å². The third kappa shape index (κ3) is 2.00. The van der Waals surface area contributed by atoms with E-state index in [1.807, 2.05) is 39.0 Å². The molecule has 2 rings (SSSR count). The third-order valence-electron chi connectivity index (χ3n) is 2.98. The predicted octanol–water partition coefficient (Wildman–Crippen LogP) is 1.40. The summed E-state index contributed by atoms with van der Waals surface area (Å²) in [6.45, 7) is 5.88. The van der Waals surface area contributed by atoms with Crippen LogP contribution in [0.3, 0.4) is 0 Å². The third-order valence-corrected chi connectivity index (χ3v) is 2.98. The van der Waals surface area contributed by atoms with Crippen molar-refractivity contribution < 1.29 is 4.79 Å². The highest BCUT2D eigenvalue weighted by molar-refractivity contribution is 5.94. The van der Waals surface area contributed by atoms with Crippen LogP contribution in [0, 0.1) is 20.8 Å². The SMILES string of the molecule is Cc1ccc(C)c(-n2ncc(C(=O)NN)c2C)c1. The van der Waals surface area contributed by atoms with E-state index in [9.17, 15) is 4.79 Å². The van der Waals surface area contributed by atoms with Crippen molar-refractivity contribution in [1.82, 2.24) is 15.2 Å². The maximum atomic E-state index is 11.5. The molecule has 0 atom stereocenters. The van der Waals surface area contributed by atoms with E-state index in [1.165, 1.54) is 6.20 Å². The number of hydrogen-bond acceptors (Lipinski definition) is 3. The molecule has 5 heteroatoms. The summed E-state index contributed by atoms with van der Waals surface area (Å²) in [5, 5.41) is 4.26. The second-order valence-corrected chi connectivity index (χ2v) is 4.32. The quantitative estimate of drug-likeness (QED) is 0.476. The van der Waals surface area contributed by atoms with Gasteiger partial charge in [0.1, 0.15) is 0 Å². The Hall–Kier alpha value is -2.14. The van der Waals surface area contributed by atoms with Crippen LogP contribution in [-0.4, -0.2) is 15.7 Å². The molecule has 1 amide bonds. The van der Waals surface area contributed by atoms with Gasteiger partial charge < -0.3 is 0 Å². The number of benzene rings is 1. The van der Waals surface area contributed by atoms with E-state index in [-0.39, 0.29) is 5.91 Å². The molecule has 0 saturated carbocycles. The number of amides is 1. The minimum atomic E-state index is -0.330. The molecule has 18 heavy (non-hydrogen) atoms. The van der Waals surface area contributed by atoms with E-state index in [1.54, 1.807) is 4.68 Å². The van der Waals surface area contributed by atoms with Gasteiger partial charge in [0.25, 0.3) is 5.91 Å². The Morgan fingerprint density at radius 1 is 1.33 bits per heavy atom. The van der Waals surface area contributed by atoms with E-state index in [0.717, 1.165) is 22.5 Å². The van der Waals surface area contributed by atoms with E-state index in [2.05, 4.69) is 10.5 Å². The molecule has 3 N–H and O–H groups in total. The van der Waals surface area contributed by atoms with Crippen LogP contribution in [-0.2, 0) is 0 Å². The lowest BCUT2D eigenvalue weighted by Crippen LogP contribution is -2.30. The number of nitrogens with zero attached hydrogens (tertiary/aromatic N) is 2. The molecular weight excluding hydrogens is 228 g/mol. The van der Waals surface area contributed by atoms with Gasteiger partial charge in [0, 0.05) is 0 Å². The largest absolute Gasteiger partial charge is 0.290 e. The van der Waals surface area contributed by atoms with Crippen LogP contribution in [0.1, 0.15) is 27.2 Å². The van der Waals surface area contributed by atoms with Crippen molar-refractivity contribution in [3.8, 4) is 5.69 Å². The zero-order chi connectivity index (χ0) is 13.3. The van der Waals surface area contributed by atoms with Crippen molar-refractivity contribution in [2.75, 3.05) is 0 Å². The number of hydrogen-bond donors (Lipinski definition) is 2. The first-order valence-corrected chi connectivity index (χ1v) is 5.67. The summed E-state index contributed by atoms with van der Waals surface area (Å²) in [5.41, 5.74) is 6.60. The molecule has 0 bridgehead atoms.